The number of thioether (sulfide) groups is 1. The van der Waals surface area contributed by atoms with E-state index < -0.39 is 12.0 Å². The third kappa shape index (κ3) is 7.79. The number of hydrogen-bond donors (Lipinski definition) is 3. The summed E-state index contributed by atoms with van der Waals surface area (Å²) in [4.78, 5) is 25.4. The van der Waals surface area contributed by atoms with Gasteiger partial charge in [-0.2, -0.15) is 24.4 Å². The Balaban J connectivity index is 2.30. The number of nitrogens with one attached hydrogen (secondary N) is 1. The maximum Gasteiger partial charge on any atom is 0.328 e. The van der Waals surface area contributed by atoms with Crippen LogP contribution in [0.4, 0.5) is 0 Å². The van der Waals surface area contributed by atoms with Crippen LogP contribution in [0.3, 0.4) is 0 Å². The zero-order chi connectivity index (χ0) is 22.6. The van der Waals surface area contributed by atoms with E-state index in [-0.39, 0.29) is 11.9 Å². The molecule has 0 saturated carbocycles. The molecule has 2 rings (SSSR count). The normalized spacial score (nSPS) is 12.6. The van der Waals surface area contributed by atoms with Gasteiger partial charge in [0.05, 0.1) is 19.3 Å². The highest BCUT2D eigenvalue weighted by Crippen LogP contribution is 2.28. The summed E-state index contributed by atoms with van der Waals surface area (Å²) in [6.45, 7) is 0.423. The summed E-state index contributed by atoms with van der Waals surface area (Å²) in [6, 6.07) is 14.2. The Labute approximate surface area is 193 Å². The van der Waals surface area contributed by atoms with E-state index in [1.807, 2.05) is 48.7 Å². The molecule has 8 heteroatoms. The number of hydrogen-bond acceptors (Lipinski definition) is 7. The molecule has 2 aromatic rings. The van der Waals surface area contributed by atoms with Gasteiger partial charge in [0.25, 0.3) is 5.91 Å². The second kappa shape index (κ2) is 13.3. The van der Waals surface area contributed by atoms with E-state index in [9.17, 15) is 9.59 Å². The van der Waals surface area contributed by atoms with Gasteiger partial charge in [-0.3, -0.25) is 4.79 Å². The molecule has 2 aromatic carbocycles. The summed E-state index contributed by atoms with van der Waals surface area (Å²) < 4.78 is 10.7. The topological polar surface area (TPSA) is 90.6 Å². The van der Waals surface area contributed by atoms with Crippen LogP contribution < -0.4 is 15.8 Å². The maximum atomic E-state index is 13.2. The highest BCUT2D eigenvalue weighted by Gasteiger charge is 2.23. The molecule has 0 spiro atoms. The molecule has 0 fully saturated rings. The molecule has 0 radical (unpaired) electrons. The van der Waals surface area contributed by atoms with Gasteiger partial charge in [-0.25, -0.2) is 4.79 Å². The highest BCUT2D eigenvalue weighted by molar-refractivity contribution is 7.98. The molecule has 2 atom stereocenters. The number of methoxy groups -OCH3 is 1. The van der Waals surface area contributed by atoms with Crippen LogP contribution in [0.5, 0.6) is 5.75 Å². The quantitative estimate of drug-likeness (QED) is 0.331. The monoisotopic (exact) mass is 462 g/mol. The molecule has 2 unspecified atom stereocenters. The van der Waals surface area contributed by atoms with Gasteiger partial charge in [0.2, 0.25) is 0 Å². The molecule has 168 valence electrons. The Morgan fingerprint density at radius 3 is 2.55 bits per heavy atom. The first-order valence-corrected chi connectivity index (χ1v) is 12.1. The molecule has 31 heavy (non-hydrogen) atoms. The number of ether oxygens (including phenoxy) is 2. The largest absolute Gasteiger partial charge is 0.494 e. The van der Waals surface area contributed by atoms with Crippen molar-refractivity contribution in [2.24, 2.45) is 5.73 Å². The lowest BCUT2D eigenvalue weighted by atomic mass is 9.98. The summed E-state index contributed by atoms with van der Waals surface area (Å²) >= 11 is 5.78. The van der Waals surface area contributed by atoms with Crippen LogP contribution in [-0.4, -0.2) is 55.4 Å². The van der Waals surface area contributed by atoms with E-state index in [4.69, 9.17) is 15.2 Å². The average molecular weight is 463 g/mol. The van der Waals surface area contributed by atoms with Crippen LogP contribution in [0, 0.1) is 0 Å². The molecule has 0 bridgehead atoms. The summed E-state index contributed by atoms with van der Waals surface area (Å²) in [5, 5.41) is 2.83. The van der Waals surface area contributed by atoms with E-state index in [2.05, 4.69) is 17.9 Å². The molecule has 1 amide bonds. The van der Waals surface area contributed by atoms with Gasteiger partial charge < -0.3 is 20.5 Å². The smallest absolute Gasteiger partial charge is 0.328 e. The third-order valence-corrected chi connectivity index (χ3v) is 5.83. The number of benzene rings is 2. The van der Waals surface area contributed by atoms with Crippen molar-refractivity contribution in [2.75, 3.05) is 31.5 Å². The minimum atomic E-state index is -0.716. The van der Waals surface area contributed by atoms with Crippen LogP contribution in [0.1, 0.15) is 23.2 Å². The number of esters is 1. The number of nitrogens with two attached hydrogens (primary N) is 1. The fourth-order valence-corrected chi connectivity index (χ4v) is 3.61. The van der Waals surface area contributed by atoms with E-state index in [0.717, 1.165) is 16.9 Å². The van der Waals surface area contributed by atoms with Crippen LogP contribution in [0.15, 0.2) is 48.5 Å². The van der Waals surface area contributed by atoms with Gasteiger partial charge in [-0.05, 0) is 54.2 Å². The van der Waals surface area contributed by atoms with Gasteiger partial charge in [0.15, 0.2) is 0 Å². The molecular weight excluding hydrogens is 432 g/mol. The number of carbonyl (C=O) groups is 2. The van der Waals surface area contributed by atoms with Crippen molar-refractivity contribution in [3.63, 3.8) is 0 Å². The second-order valence-electron chi connectivity index (χ2n) is 6.98. The van der Waals surface area contributed by atoms with E-state index in [1.165, 1.54) is 7.11 Å². The Kier molecular flexibility index (Phi) is 10.8. The maximum absolute atomic E-state index is 13.2. The lowest BCUT2D eigenvalue weighted by Gasteiger charge is -2.18. The van der Waals surface area contributed by atoms with Gasteiger partial charge in [0, 0.05) is 11.8 Å². The highest BCUT2D eigenvalue weighted by atomic mass is 32.2. The predicted molar refractivity (Wildman–Crippen MR) is 130 cm³/mol. The van der Waals surface area contributed by atoms with Crippen molar-refractivity contribution in [1.29, 1.82) is 0 Å². The third-order valence-electron chi connectivity index (χ3n) is 4.71. The van der Waals surface area contributed by atoms with Crippen LogP contribution in [0.25, 0.3) is 11.1 Å². The van der Waals surface area contributed by atoms with E-state index >= 15 is 0 Å². The minimum Gasteiger partial charge on any atom is -0.494 e. The van der Waals surface area contributed by atoms with Crippen molar-refractivity contribution in [2.45, 2.75) is 24.9 Å². The van der Waals surface area contributed by atoms with Crippen LogP contribution in [0.2, 0.25) is 0 Å². The standard InChI is InChI=1S/C23H30N2O4S2/c1-28-23(27)21(11-13-31-2)25-22(26)20-14-18(29-12-10-17(24)15-30)8-9-19(20)16-6-4-3-5-7-16/h3-9,14,17,21,30H,10-13,15,24H2,1-2H3,(H,25,26). The molecule has 3 N–H and O–H groups in total. The summed E-state index contributed by atoms with van der Waals surface area (Å²) in [5.41, 5.74) is 7.97. The van der Waals surface area contributed by atoms with Crippen LogP contribution in [-0.2, 0) is 9.53 Å². The second-order valence-corrected chi connectivity index (χ2v) is 8.33. The van der Waals surface area contributed by atoms with Gasteiger partial charge >= 0.3 is 5.97 Å². The van der Waals surface area contributed by atoms with Crippen molar-refractivity contribution in [3.05, 3.63) is 54.1 Å². The van der Waals surface area contributed by atoms with E-state index in [1.54, 1.807) is 17.8 Å². The Morgan fingerprint density at radius 2 is 1.90 bits per heavy atom. The SMILES string of the molecule is COC(=O)C(CCSC)NC(=O)c1cc(OCCC(N)CS)ccc1-c1ccccc1. The first-order valence-electron chi connectivity index (χ1n) is 10.1. The lowest BCUT2D eigenvalue weighted by molar-refractivity contribution is -0.142. The number of thiol groups is 1. The summed E-state index contributed by atoms with van der Waals surface area (Å²) in [6.07, 6.45) is 3.09. The Bertz CT molecular complexity index is 849. The zero-order valence-electron chi connectivity index (χ0n) is 17.9. The molecular formula is C23H30N2O4S2. The van der Waals surface area contributed by atoms with Gasteiger partial charge in [-0.15, -0.1) is 0 Å². The van der Waals surface area contributed by atoms with E-state index in [0.29, 0.717) is 36.5 Å². The molecule has 0 aliphatic heterocycles. The Hall–Kier alpha value is -2.16. The first kappa shape index (κ1) is 25.1. The number of rotatable bonds is 12. The fraction of sp³-hybridized carbons (Fsp3) is 0.391. The van der Waals surface area contributed by atoms with Crippen molar-refractivity contribution in [3.8, 4) is 16.9 Å². The molecule has 0 aliphatic rings. The number of carbonyl (C=O) groups excluding carboxylic acids is 2. The first-order chi connectivity index (χ1) is 15.0. The zero-order valence-corrected chi connectivity index (χ0v) is 19.6. The lowest BCUT2D eigenvalue weighted by Crippen LogP contribution is -2.42. The minimum absolute atomic E-state index is 0.0491. The number of amides is 1. The average Bonchev–Trinajstić information content (AvgIpc) is 2.81. The van der Waals surface area contributed by atoms with Crippen molar-refractivity contribution >= 4 is 36.3 Å². The molecule has 0 aromatic heterocycles. The molecule has 0 heterocycles. The van der Waals surface area contributed by atoms with Crippen LogP contribution >= 0.6 is 24.4 Å². The predicted octanol–water partition coefficient (Wildman–Crippen LogP) is 3.40. The van der Waals surface area contributed by atoms with Gasteiger partial charge in [-0.1, -0.05) is 30.3 Å². The van der Waals surface area contributed by atoms with Gasteiger partial charge in [0.1, 0.15) is 11.8 Å². The Morgan fingerprint density at radius 1 is 1.16 bits per heavy atom. The summed E-state index contributed by atoms with van der Waals surface area (Å²) in [5.74, 6) is 1.05. The van der Waals surface area contributed by atoms with Crippen molar-refractivity contribution < 1.29 is 19.1 Å². The molecule has 6 nitrogen and oxygen atoms in total. The van der Waals surface area contributed by atoms with Crippen molar-refractivity contribution in [1.82, 2.24) is 5.32 Å². The fourth-order valence-electron chi connectivity index (χ4n) is 2.95. The molecule has 0 saturated heterocycles. The summed E-state index contributed by atoms with van der Waals surface area (Å²) in [7, 11) is 1.32. The molecule has 0 aliphatic carbocycles.